The number of carbonyl (C=O) groups is 2. The maximum Gasteiger partial charge on any atom is 0.323 e. The van der Waals surface area contributed by atoms with Crippen LogP contribution in [0.1, 0.15) is 27.2 Å². The zero-order valence-corrected chi connectivity index (χ0v) is 10.0. The lowest BCUT2D eigenvalue weighted by molar-refractivity contribution is -0.145. The van der Waals surface area contributed by atoms with Gasteiger partial charge < -0.3 is 10.4 Å². The number of hydrogen-bond acceptors (Lipinski definition) is 3. The largest absolute Gasteiger partial charge is 0.480 e. The van der Waals surface area contributed by atoms with Crippen molar-refractivity contribution in [1.29, 1.82) is 0 Å². The van der Waals surface area contributed by atoms with Crippen LogP contribution in [0.4, 0.5) is 0 Å². The van der Waals surface area contributed by atoms with Crippen LogP contribution in [0.2, 0.25) is 0 Å². The highest BCUT2D eigenvalue weighted by molar-refractivity contribution is 5.84. The van der Waals surface area contributed by atoms with Crippen LogP contribution in [0.3, 0.4) is 0 Å². The highest BCUT2D eigenvalue weighted by atomic mass is 16.4. The topological polar surface area (TPSA) is 78.4 Å². The van der Waals surface area contributed by atoms with E-state index in [0.717, 1.165) is 0 Å². The molecule has 0 saturated heterocycles. The molecule has 0 aliphatic carbocycles. The van der Waals surface area contributed by atoms with E-state index in [1.165, 1.54) is 0 Å². The van der Waals surface area contributed by atoms with Gasteiger partial charge in [0.1, 0.15) is 5.54 Å². The molecule has 0 aromatic carbocycles. The van der Waals surface area contributed by atoms with E-state index in [-0.39, 0.29) is 5.91 Å². The first-order valence-electron chi connectivity index (χ1n) is 5.27. The Balaban J connectivity index is 4.41. The van der Waals surface area contributed by atoms with Crippen molar-refractivity contribution in [2.24, 2.45) is 0 Å². The van der Waals surface area contributed by atoms with Crippen molar-refractivity contribution >= 4 is 11.9 Å². The summed E-state index contributed by atoms with van der Waals surface area (Å²) in [6.07, 6.45) is 1.97. The second-order valence-electron chi connectivity index (χ2n) is 3.89. The molecule has 3 N–H and O–H groups in total. The van der Waals surface area contributed by atoms with Gasteiger partial charge in [0.15, 0.2) is 0 Å². The minimum absolute atomic E-state index is 0.235. The van der Waals surface area contributed by atoms with Gasteiger partial charge in [-0.15, -0.1) is 6.58 Å². The fourth-order valence-electron chi connectivity index (χ4n) is 1.18. The van der Waals surface area contributed by atoms with E-state index < -0.39 is 17.6 Å². The Morgan fingerprint density at radius 1 is 1.56 bits per heavy atom. The van der Waals surface area contributed by atoms with Crippen LogP contribution in [0.5, 0.6) is 0 Å². The van der Waals surface area contributed by atoms with Gasteiger partial charge in [-0.1, -0.05) is 13.0 Å². The van der Waals surface area contributed by atoms with Crippen molar-refractivity contribution in [3.63, 3.8) is 0 Å². The Kier molecular flexibility index (Phi) is 5.74. The predicted molar refractivity (Wildman–Crippen MR) is 62.1 cm³/mol. The molecule has 1 amide bonds. The van der Waals surface area contributed by atoms with Crippen molar-refractivity contribution in [2.45, 2.75) is 38.8 Å². The lowest BCUT2D eigenvalue weighted by Gasteiger charge is -2.28. The van der Waals surface area contributed by atoms with Crippen LogP contribution in [0.15, 0.2) is 12.7 Å². The minimum atomic E-state index is -1.08. The van der Waals surface area contributed by atoms with E-state index in [4.69, 9.17) is 5.11 Å². The number of hydrogen-bond donors (Lipinski definition) is 3. The number of carboxylic acids is 1. The quantitative estimate of drug-likeness (QED) is 0.555. The molecular formula is C11H20N2O3. The molecule has 0 aliphatic rings. The van der Waals surface area contributed by atoms with Gasteiger partial charge >= 0.3 is 5.97 Å². The Morgan fingerprint density at radius 2 is 2.12 bits per heavy atom. The molecule has 0 saturated carbocycles. The van der Waals surface area contributed by atoms with Gasteiger partial charge in [-0.05, 0) is 20.3 Å². The zero-order valence-electron chi connectivity index (χ0n) is 10.0. The van der Waals surface area contributed by atoms with Crippen molar-refractivity contribution in [1.82, 2.24) is 10.6 Å². The third kappa shape index (κ3) is 4.02. The number of carboxylic acid groups (broad SMARTS) is 1. The summed E-state index contributed by atoms with van der Waals surface area (Å²) in [6, 6.07) is -0.555. The molecule has 5 heteroatoms. The molecule has 0 spiro atoms. The summed E-state index contributed by atoms with van der Waals surface area (Å²) in [4.78, 5) is 22.5. The second kappa shape index (κ2) is 6.27. The van der Waals surface area contributed by atoms with Gasteiger partial charge in [-0.25, -0.2) is 0 Å². The van der Waals surface area contributed by atoms with Gasteiger partial charge in [0, 0.05) is 6.54 Å². The average molecular weight is 228 g/mol. The molecule has 0 fully saturated rings. The van der Waals surface area contributed by atoms with Crippen molar-refractivity contribution in [3.8, 4) is 0 Å². The van der Waals surface area contributed by atoms with E-state index in [1.807, 2.05) is 0 Å². The zero-order chi connectivity index (χ0) is 12.8. The number of nitrogens with one attached hydrogen (secondary N) is 2. The number of carbonyl (C=O) groups excluding carboxylic acids is 1. The van der Waals surface area contributed by atoms with Crippen molar-refractivity contribution < 1.29 is 14.7 Å². The van der Waals surface area contributed by atoms with Crippen LogP contribution < -0.4 is 10.6 Å². The summed E-state index contributed by atoms with van der Waals surface area (Å²) in [5.41, 5.74) is -1.08. The molecule has 0 aromatic rings. The van der Waals surface area contributed by atoms with E-state index >= 15 is 0 Å². The van der Waals surface area contributed by atoms with Gasteiger partial charge in [0.05, 0.1) is 6.04 Å². The van der Waals surface area contributed by atoms with Crippen LogP contribution in [0.25, 0.3) is 0 Å². The normalized spacial score (nSPS) is 15.9. The molecule has 0 radical (unpaired) electrons. The Hall–Kier alpha value is -1.36. The minimum Gasteiger partial charge on any atom is -0.480 e. The standard InChI is InChI=1S/C11H20N2O3/c1-5-7-12-9(14)8(3)13-11(4,6-2)10(15)16/h5,8,13H,1,6-7H2,2-4H3,(H,12,14)(H,15,16). The van der Waals surface area contributed by atoms with E-state index in [0.29, 0.717) is 13.0 Å². The highest BCUT2D eigenvalue weighted by Gasteiger charge is 2.33. The molecule has 0 rings (SSSR count). The SMILES string of the molecule is C=CCNC(=O)C(C)NC(C)(CC)C(=O)O. The summed E-state index contributed by atoms with van der Waals surface area (Å²) in [6.45, 7) is 8.81. The van der Waals surface area contributed by atoms with Gasteiger partial charge in [0.2, 0.25) is 5.91 Å². The molecule has 5 nitrogen and oxygen atoms in total. The summed E-state index contributed by atoms with van der Waals surface area (Å²) in [5.74, 6) is -1.20. The van der Waals surface area contributed by atoms with Crippen LogP contribution >= 0.6 is 0 Å². The monoisotopic (exact) mass is 228 g/mol. The van der Waals surface area contributed by atoms with E-state index in [1.54, 1.807) is 26.8 Å². The first kappa shape index (κ1) is 14.6. The molecular weight excluding hydrogens is 208 g/mol. The van der Waals surface area contributed by atoms with Crippen LogP contribution in [-0.4, -0.2) is 35.1 Å². The lowest BCUT2D eigenvalue weighted by Crippen LogP contribution is -2.56. The first-order chi connectivity index (χ1) is 7.37. The summed E-state index contributed by atoms with van der Waals surface area (Å²) >= 11 is 0. The van der Waals surface area contributed by atoms with Crippen LogP contribution in [0, 0.1) is 0 Å². The summed E-state index contributed by atoms with van der Waals surface area (Å²) in [7, 11) is 0. The molecule has 92 valence electrons. The number of rotatable bonds is 7. The molecule has 0 aliphatic heterocycles. The third-order valence-electron chi connectivity index (χ3n) is 2.53. The summed E-state index contributed by atoms with van der Waals surface area (Å²) in [5, 5.41) is 14.4. The third-order valence-corrected chi connectivity index (χ3v) is 2.53. The smallest absolute Gasteiger partial charge is 0.323 e. The molecule has 0 heterocycles. The Bertz CT molecular complexity index is 278. The fourth-order valence-corrected chi connectivity index (χ4v) is 1.18. The molecule has 2 unspecified atom stereocenters. The van der Waals surface area contributed by atoms with Gasteiger partial charge in [-0.3, -0.25) is 14.9 Å². The van der Waals surface area contributed by atoms with Crippen LogP contribution in [-0.2, 0) is 9.59 Å². The fraction of sp³-hybridized carbons (Fsp3) is 0.636. The maximum atomic E-state index is 11.5. The number of aliphatic carboxylic acids is 1. The Labute approximate surface area is 95.9 Å². The maximum absolute atomic E-state index is 11.5. The van der Waals surface area contributed by atoms with Gasteiger partial charge in [-0.2, -0.15) is 0 Å². The highest BCUT2D eigenvalue weighted by Crippen LogP contribution is 2.10. The van der Waals surface area contributed by atoms with E-state index in [2.05, 4.69) is 17.2 Å². The molecule has 16 heavy (non-hydrogen) atoms. The van der Waals surface area contributed by atoms with Crippen molar-refractivity contribution in [2.75, 3.05) is 6.54 Å². The van der Waals surface area contributed by atoms with Gasteiger partial charge in [0.25, 0.3) is 0 Å². The molecule has 0 bridgehead atoms. The lowest BCUT2D eigenvalue weighted by atomic mass is 9.98. The summed E-state index contributed by atoms with van der Waals surface area (Å²) < 4.78 is 0. The number of amides is 1. The van der Waals surface area contributed by atoms with Crippen molar-refractivity contribution in [3.05, 3.63) is 12.7 Å². The average Bonchev–Trinajstić information content (AvgIpc) is 2.25. The predicted octanol–water partition coefficient (Wildman–Crippen LogP) is 0.520. The second-order valence-corrected chi connectivity index (χ2v) is 3.89. The molecule has 2 atom stereocenters. The first-order valence-corrected chi connectivity index (χ1v) is 5.27. The van der Waals surface area contributed by atoms with E-state index in [9.17, 15) is 9.59 Å². The molecule has 0 aromatic heterocycles. The Morgan fingerprint density at radius 3 is 2.50 bits per heavy atom.